The van der Waals surface area contributed by atoms with Crippen molar-refractivity contribution in [1.29, 1.82) is 0 Å². The van der Waals surface area contributed by atoms with Crippen LogP contribution in [0.4, 0.5) is 11.4 Å². The molecule has 0 aliphatic carbocycles. The Morgan fingerprint density at radius 2 is 1.74 bits per heavy atom. The van der Waals surface area contributed by atoms with Crippen molar-refractivity contribution in [3.05, 3.63) is 117 Å². The Bertz CT molecular complexity index is 1370. The fourth-order valence-corrected chi connectivity index (χ4v) is 4.84. The zero-order valence-corrected chi connectivity index (χ0v) is 19.8. The number of fused-ring (bicyclic) bond motifs is 1. The van der Waals surface area contributed by atoms with Crippen LogP contribution in [0.3, 0.4) is 0 Å². The first-order chi connectivity index (χ1) is 16.6. The number of anilines is 1. The highest BCUT2D eigenvalue weighted by atomic mass is 32.1. The predicted molar refractivity (Wildman–Crippen MR) is 140 cm³/mol. The van der Waals surface area contributed by atoms with Crippen LogP contribution in [-0.4, -0.2) is 12.1 Å². The molecule has 3 aromatic carbocycles. The summed E-state index contributed by atoms with van der Waals surface area (Å²) in [7, 11) is 0. The molecule has 2 heterocycles. The Kier molecular flexibility index (Phi) is 6.11. The highest BCUT2D eigenvalue weighted by Crippen LogP contribution is 2.45. The van der Waals surface area contributed by atoms with Gasteiger partial charge in [-0.3, -0.25) is 9.79 Å². The highest BCUT2D eigenvalue weighted by Gasteiger charge is 2.31. The molecule has 0 spiro atoms. The van der Waals surface area contributed by atoms with Crippen LogP contribution in [0.1, 0.15) is 34.4 Å². The molecule has 168 valence electrons. The Hall–Kier alpha value is -3.96. The number of nitrogens with zero attached hydrogens (tertiary/aromatic N) is 1. The Labute approximate surface area is 203 Å². The number of aryl methyl sites for hydroxylation is 1. The quantitative estimate of drug-likeness (QED) is 0.314. The summed E-state index contributed by atoms with van der Waals surface area (Å²) in [6.07, 6.45) is 1.92. The van der Waals surface area contributed by atoms with Gasteiger partial charge in [0.1, 0.15) is 11.5 Å². The molecule has 0 bridgehead atoms. The molecule has 0 radical (unpaired) electrons. The normalized spacial score (nSPS) is 15.2. The molecule has 0 fully saturated rings. The summed E-state index contributed by atoms with van der Waals surface area (Å²) in [4.78, 5) is 17.2. The van der Waals surface area contributed by atoms with Crippen molar-refractivity contribution in [2.75, 3.05) is 5.32 Å². The number of para-hydroxylation sites is 1. The number of ether oxygens (including phenoxy) is 1. The summed E-state index contributed by atoms with van der Waals surface area (Å²) in [6.45, 7) is 3.60. The van der Waals surface area contributed by atoms with E-state index >= 15 is 0 Å². The Balaban J connectivity index is 1.62. The van der Waals surface area contributed by atoms with Gasteiger partial charge in [-0.25, -0.2) is 0 Å². The van der Waals surface area contributed by atoms with E-state index < -0.39 is 0 Å². The number of allylic oxidation sites excluding steroid dienone is 1. The number of carbonyl (C=O) groups excluding carboxylic acids is 1. The maximum absolute atomic E-state index is 11.3. The van der Waals surface area contributed by atoms with E-state index in [4.69, 9.17) is 9.73 Å². The first-order valence-corrected chi connectivity index (χ1v) is 12.0. The maximum Gasteiger partial charge on any atom is 0.221 e. The molecular weight excluding hydrogens is 440 g/mol. The van der Waals surface area contributed by atoms with Crippen LogP contribution >= 0.6 is 11.3 Å². The first-order valence-electron chi connectivity index (χ1n) is 11.1. The summed E-state index contributed by atoms with van der Waals surface area (Å²) in [5.41, 5.74) is 6.09. The molecule has 1 aromatic heterocycles. The average molecular weight is 465 g/mol. The molecule has 4 aromatic rings. The molecule has 34 heavy (non-hydrogen) atoms. The molecule has 1 atom stereocenters. The van der Waals surface area contributed by atoms with Crippen molar-refractivity contribution in [1.82, 2.24) is 0 Å². The number of carbonyl (C=O) groups is 1. The van der Waals surface area contributed by atoms with E-state index in [-0.39, 0.29) is 11.8 Å². The summed E-state index contributed by atoms with van der Waals surface area (Å²) >= 11 is 1.65. The van der Waals surface area contributed by atoms with Crippen LogP contribution in [0.15, 0.2) is 101 Å². The lowest BCUT2D eigenvalue weighted by atomic mass is 9.82. The van der Waals surface area contributed by atoms with Crippen LogP contribution in [0.2, 0.25) is 0 Å². The molecular formula is C29H24N2O2S. The van der Waals surface area contributed by atoms with Crippen molar-refractivity contribution in [2.45, 2.75) is 19.8 Å². The van der Waals surface area contributed by atoms with E-state index in [0.717, 1.165) is 38.9 Å². The Morgan fingerprint density at radius 1 is 0.971 bits per heavy atom. The molecule has 0 saturated heterocycles. The van der Waals surface area contributed by atoms with Crippen LogP contribution in [0.25, 0.3) is 5.76 Å². The van der Waals surface area contributed by atoms with Gasteiger partial charge in [0.2, 0.25) is 5.91 Å². The lowest BCUT2D eigenvalue weighted by Crippen LogP contribution is -2.17. The third-order valence-electron chi connectivity index (χ3n) is 5.71. The molecule has 0 saturated carbocycles. The van der Waals surface area contributed by atoms with Gasteiger partial charge in [0.25, 0.3) is 0 Å². The van der Waals surface area contributed by atoms with Crippen molar-refractivity contribution in [3.63, 3.8) is 0 Å². The summed E-state index contributed by atoms with van der Waals surface area (Å²) in [5.74, 6) is 1.59. The second-order valence-electron chi connectivity index (χ2n) is 8.23. The minimum absolute atomic E-state index is 0.00921. The summed E-state index contributed by atoms with van der Waals surface area (Å²) < 4.78 is 6.47. The molecule has 5 rings (SSSR count). The molecule has 5 heteroatoms. The van der Waals surface area contributed by atoms with E-state index in [0.29, 0.717) is 0 Å². The molecule has 4 nitrogen and oxygen atoms in total. The van der Waals surface area contributed by atoms with E-state index in [9.17, 15) is 4.79 Å². The molecule has 1 N–H and O–H groups in total. The number of amides is 1. The zero-order chi connectivity index (χ0) is 23.5. The third kappa shape index (κ3) is 4.56. The van der Waals surface area contributed by atoms with Crippen molar-refractivity contribution in [3.8, 4) is 5.75 Å². The number of thiophene rings is 1. The van der Waals surface area contributed by atoms with E-state index in [2.05, 4.69) is 60.1 Å². The topological polar surface area (TPSA) is 50.7 Å². The summed E-state index contributed by atoms with van der Waals surface area (Å²) in [5, 5.41) is 4.85. The van der Waals surface area contributed by atoms with Crippen molar-refractivity contribution >= 4 is 40.6 Å². The minimum Gasteiger partial charge on any atom is -0.455 e. The molecule has 1 aliphatic rings. The molecule has 1 aliphatic heterocycles. The third-order valence-corrected chi connectivity index (χ3v) is 6.58. The van der Waals surface area contributed by atoms with Gasteiger partial charge in [-0.15, -0.1) is 11.3 Å². The lowest BCUT2D eigenvalue weighted by Gasteiger charge is -2.29. The van der Waals surface area contributed by atoms with Crippen LogP contribution in [-0.2, 0) is 4.79 Å². The number of rotatable bonds is 5. The van der Waals surface area contributed by atoms with E-state index in [1.54, 1.807) is 11.3 Å². The van der Waals surface area contributed by atoms with Gasteiger partial charge in [0, 0.05) is 35.9 Å². The second-order valence-corrected chi connectivity index (χ2v) is 9.18. The number of hydrogen-bond acceptors (Lipinski definition) is 4. The second kappa shape index (κ2) is 9.49. The van der Waals surface area contributed by atoms with Gasteiger partial charge < -0.3 is 10.1 Å². The monoisotopic (exact) mass is 464 g/mol. The van der Waals surface area contributed by atoms with Gasteiger partial charge in [-0.1, -0.05) is 54.1 Å². The smallest absolute Gasteiger partial charge is 0.221 e. The predicted octanol–water partition coefficient (Wildman–Crippen LogP) is 7.35. The van der Waals surface area contributed by atoms with Crippen LogP contribution < -0.4 is 10.1 Å². The highest BCUT2D eigenvalue weighted by molar-refractivity contribution is 7.11. The van der Waals surface area contributed by atoms with Gasteiger partial charge in [-0.05, 0) is 54.3 Å². The number of nitrogens with one attached hydrogen (secondary N) is 1. The van der Waals surface area contributed by atoms with Gasteiger partial charge in [0.05, 0.1) is 10.6 Å². The lowest BCUT2D eigenvalue weighted by molar-refractivity contribution is -0.114. The van der Waals surface area contributed by atoms with Gasteiger partial charge >= 0.3 is 0 Å². The SMILES string of the molecule is CC(=O)Nc1ccc(N=CC2=C(c3cccs3)Oc3ccccc3[C@H]2c2ccc(C)cc2)cc1. The first kappa shape index (κ1) is 21.9. The van der Waals surface area contributed by atoms with Gasteiger partial charge in [-0.2, -0.15) is 0 Å². The maximum atomic E-state index is 11.3. The average Bonchev–Trinajstić information content (AvgIpc) is 3.38. The molecule has 0 unspecified atom stereocenters. The molecule has 1 amide bonds. The summed E-state index contributed by atoms with van der Waals surface area (Å²) in [6, 6.07) is 28.5. The largest absolute Gasteiger partial charge is 0.455 e. The van der Waals surface area contributed by atoms with Crippen LogP contribution in [0, 0.1) is 6.92 Å². The fourth-order valence-electron chi connectivity index (χ4n) is 4.11. The van der Waals surface area contributed by atoms with Crippen molar-refractivity contribution in [2.24, 2.45) is 4.99 Å². The zero-order valence-electron chi connectivity index (χ0n) is 19.0. The standard InChI is InChI=1S/C29H24N2O2S/c1-19-9-11-21(12-10-19)28-24-6-3-4-7-26(24)33-29(27-8-5-17-34-27)25(28)18-30-22-13-15-23(16-14-22)31-20(2)32/h3-18,28H,1-2H3,(H,31,32)/t28-/m1/s1. The minimum atomic E-state index is -0.0963. The van der Waals surface area contributed by atoms with Gasteiger partial charge in [0.15, 0.2) is 0 Å². The number of aliphatic imine (C=N–C) groups is 1. The van der Waals surface area contributed by atoms with Crippen molar-refractivity contribution < 1.29 is 9.53 Å². The van der Waals surface area contributed by atoms with E-state index in [1.165, 1.54) is 18.1 Å². The fraction of sp³-hybridized carbons (Fsp3) is 0.103. The Morgan fingerprint density at radius 3 is 2.44 bits per heavy atom. The van der Waals surface area contributed by atoms with Crippen LogP contribution in [0.5, 0.6) is 5.75 Å². The number of benzene rings is 3. The number of hydrogen-bond donors (Lipinski definition) is 1. The van der Waals surface area contributed by atoms with E-state index in [1.807, 2.05) is 48.7 Å².